The molecule has 1 aromatic carbocycles. The molecule has 2 aromatic rings. The van der Waals surface area contributed by atoms with Crippen LogP contribution in [0.1, 0.15) is 0 Å². The Kier molecular flexibility index (Phi) is 7.24. The van der Waals surface area contributed by atoms with Crippen LogP contribution in [0.2, 0.25) is 5.15 Å². The molecule has 0 saturated heterocycles. The molecule has 3 N–H and O–H groups in total. The van der Waals surface area contributed by atoms with E-state index >= 15 is 0 Å². The van der Waals surface area contributed by atoms with Crippen molar-refractivity contribution in [1.29, 1.82) is 0 Å². The van der Waals surface area contributed by atoms with Gasteiger partial charge >= 0.3 is 0 Å². The average molecular weight is 380 g/mol. The van der Waals surface area contributed by atoms with Gasteiger partial charge in [-0.3, -0.25) is 9.59 Å². The van der Waals surface area contributed by atoms with Crippen molar-refractivity contribution in [2.24, 2.45) is 0 Å². The first kappa shape index (κ1) is 19.2. The molecule has 0 spiro atoms. The van der Waals surface area contributed by atoms with E-state index in [1.54, 1.807) is 37.1 Å². The highest BCUT2D eigenvalue weighted by Gasteiger charge is 2.16. The van der Waals surface area contributed by atoms with Crippen LogP contribution in [-0.4, -0.2) is 43.2 Å². The Morgan fingerprint density at radius 1 is 1.08 bits per heavy atom. The molecule has 2 rings (SSSR count). The Morgan fingerprint density at radius 2 is 1.68 bits per heavy atom. The minimum absolute atomic E-state index is 0.142. The van der Waals surface area contributed by atoms with Crippen LogP contribution in [-0.2, 0) is 9.59 Å². The second-order valence-electron chi connectivity index (χ2n) is 5.45. The van der Waals surface area contributed by atoms with Gasteiger partial charge in [0.25, 0.3) is 11.8 Å². The van der Waals surface area contributed by atoms with E-state index in [0.717, 1.165) is 15.5 Å². The van der Waals surface area contributed by atoms with E-state index in [9.17, 15) is 9.59 Å². The van der Waals surface area contributed by atoms with Crippen LogP contribution in [0.3, 0.4) is 0 Å². The number of likely N-dealkylation sites (N-methyl/N-ethyl adjacent to an activating group) is 1. The van der Waals surface area contributed by atoms with Gasteiger partial charge in [-0.05, 0) is 30.5 Å². The molecule has 2 amide bonds. The van der Waals surface area contributed by atoms with E-state index in [2.05, 4.69) is 15.6 Å². The van der Waals surface area contributed by atoms with E-state index < -0.39 is 0 Å². The molecule has 1 unspecified atom stereocenters. The third kappa shape index (κ3) is 6.04. The molecule has 6 nitrogen and oxygen atoms in total. The molecular formula is C17H20ClN4O2S+. The number of nitrogens with zero attached hydrogens (tertiary/aromatic N) is 1. The van der Waals surface area contributed by atoms with Crippen molar-refractivity contribution in [2.75, 3.05) is 37.0 Å². The Balaban J connectivity index is 1.85. The molecule has 0 aliphatic heterocycles. The summed E-state index contributed by atoms with van der Waals surface area (Å²) >= 11 is 7.47. The van der Waals surface area contributed by atoms with Crippen LogP contribution >= 0.6 is 23.4 Å². The number of aromatic nitrogens is 1. The number of halogens is 1. The van der Waals surface area contributed by atoms with Crippen molar-refractivity contribution in [3.05, 3.63) is 47.7 Å². The standard InChI is InChI=1S/C17H19ClN4O2S/c1-22(11-16(24)21-13-7-5-9-19-17(13)18)10-15(23)20-12-6-3-4-8-14(12)25-2/h3-9H,10-11H2,1-2H3,(H,20,23)(H,21,24)/p+1. The number of quaternary nitrogens is 1. The van der Waals surface area contributed by atoms with Crippen LogP contribution in [0.15, 0.2) is 47.5 Å². The normalized spacial score (nSPS) is 11.6. The van der Waals surface area contributed by atoms with Gasteiger partial charge in [-0.25, -0.2) is 4.98 Å². The van der Waals surface area contributed by atoms with Crippen molar-refractivity contribution in [3.8, 4) is 0 Å². The molecule has 1 heterocycles. The highest BCUT2D eigenvalue weighted by atomic mass is 35.5. The van der Waals surface area contributed by atoms with Gasteiger partial charge in [0.05, 0.1) is 18.4 Å². The van der Waals surface area contributed by atoms with Gasteiger partial charge in [0.1, 0.15) is 0 Å². The van der Waals surface area contributed by atoms with Gasteiger partial charge in [-0.15, -0.1) is 11.8 Å². The summed E-state index contributed by atoms with van der Waals surface area (Å²) in [6.45, 7) is 0.319. The Morgan fingerprint density at radius 3 is 2.32 bits per heavy atom. The Labute approximate surface area is 156 Å². The summed E-state index contributed by atoms with van der Waals surface area (Å²) in [6.07, 6.45) is 3.50. The number of para-hydroxylation sites is 1. The molecule has 0 saturated carbocycles. The first-order valence-corrected chi connectivity index (χ1v) is 9.24. The zero-order valence-corrected chi connectivity index (χ0v) is 15.6. The fourth-order valence-corrected chi connectivity index (χ4v) is 2.95. The van der Waals surface area contributed by atoms with Gasteiger partial charge in [0.2, 0.25) is 0 Å². The minimum atomic E-state index is -0.232. The number of nitrogens with one attached hydrogen (secondary N) is 3. The lowest BCUT2D eigenvalue weighted by atomic mass is 10.3. The quantitative estimate of drug-likeness (QED) is 0.504. The van der Waals surface area contributed by atoms with Gasteiger partial charge in [0, 0.05) is 11.1 Å². The molecule has 25 heavy (non-hydrogen) atoms. The van der Waals surface area contributed by atoms with E-state index in [4.69, 9.17) is 11.6 Å². The van der Waals surface area contributed by atoms with E-state index in [1.807, 2.05) is 30.5 Å². The molecule has 0 radical (unpaired) electrons. The van der Waals surface area contributed by atoms with Crippen molar-refractivity contribution < 1.29 is 14.5 Å². The number of hydrogen-bond donors (Lipinski definition) is 3. The number of carbonyl (C=O) groups excluding carboxylic acids is 2. The lowest BCUT2D eigenvalue weighted by Gasteiger charge is -2.15. The number of thioether (sulfide) groups is 1. The Hall–Kier alpha value is -2.09. The molecule has 1 atom stereocenters. The van der Waals surface area contributed by atoms with Crippen molar-refractivity contribution in [1.82, 2.24) is 4.98 Å². The fourth-order valence-electron chi connectivity index (χ4n) is 2.23. The zero-order chi connectivity index (χ0) is 18.2. The number of anilines is 2. The summed E-state index contributed by atoms with van der Waals surface area (Å²) < 4.78 is 0. The first-order chi connectivity index (χ1) is 12.0. The maximum atomic E-state index is 12.2. The maximum absolute atomic E-state index is 12.2. The van der Waals surface area contributed by atoms with Crippen molar-refractivity contribution >= 4 is 46.6 Å². The summed E-state index contributed by atoms with van der Waals surface area (Å²) in [6, 6.07) is 11.0. The van der Waals surface area contributed by atoms with Crippen molar-refractivity contribution in [2.45, 2.75) is 4.90 Å². The second-order valence-corrected chi connectivity index (χ2v) is 6.66. The largest absolute Gasteiger partial charge is 0.322 e. The number of carbonyl (C=O) groups is 2. The van der Waals surface area contributed by atoms with Crippen LogP contribution in [0, 0.1) is 0 Å². The zero-order valence-electron chi connectivity index (χ0n) is 14.0. The molecule has 0 aliphatic carbocycles. The predicted molar refractivity (Wildman–Crippen MR) is 101 cm³/mol. The van der Waals surface area contributed by atoms with E-state index in [0.29, 0.717) is 5.69 Å². The topological polar surface area (TPSA) is 75.5 Å². The van der Waals surface area contributed by atoms with Gasteiger partial charge < -0.3 is 15.5 Å². The highest BCUT2D eigenvalue weighted by molar-refractivity contribution is 7.98. The number of pyridine rings is 1. The van der Waals surface area contributed by atoms with Gasteiger partial charge in [0.15, 0.2) is 18.2 Å². The van der Waals surface area contributed by atoms with Crippen LogP contribution < -0.4 is 15.5 Å². The van der Waals surface area contributed by atoms with Crippen LogP contribution in [0.5, 0.6) is 0 Å². The molecule has 0 fully saturated rings. The number of amides is 2. The summed E-state index contributed by atoms with van der Waals surface area (Å²) in [5.74, 6) is -0.379. The monoisotopic (exact) mass is 379 g/mol. The van der Waals surface area contributed by atoms with Crippen molar-refractivity contribution in [3.63, 3.8) is 0 Å². The predicted octanol–water partition coefficient (Wildman–Crippen LogP) is 1.55. The first-order valence-electron chi connectivity index (χ1n) is 7.64. The SMILES string of the molecule is CSc1ccccc1NC(=O)C[NH+](C)CC(=O)Nc1cccnc1Cl. The van der Waals surface area contributed by atoms with Gasteiger partial charge in [-0.2, -0.15) is 0 Å². The molecular weight excluding hydrogens is 360 g/mol. The summed E-state index contributed by atoms with van der Waals surface area (Å²) in [5, 5.41) is 5.81. The van der Waals surface area contributed by atoms with E-state index in [-0.39, 0.29) is 30.1 Å². The maximum Gasteiger partial charge on any atom is 0.279 e. The van der Waals surface area contributed by atoms with Crippen LogP contribution in [0.25, 0.3) is 0 Å². The second kappa shape index (κ2) is 9.41. The number of hydrogen-bond acceptors (Lipinski definition) is 4. The number of benzene rings is 1. The molecule has 0 bridgehead atoms. The minimum Gasteiger partial charge on any atom is -0.322 e. The van der Waals surface area contributed by atoms with E-state index in [1.165, 1.54) is 0 Å². The fraction of sp³-hybridized carbons (Fsp3) is 0.235. The third-order valence-corrected chi connectivity index (χ3v) is 4.44. The lowest BCUT2D eigenvalue weighted by Crippen LogP contribution is -3.11. The Bertz CT molecular complexity index is 757. The van der Waals surface area contributed by atoms with Gasteiger partial charge in [-0.1, -0.05) is 23.7 Å². The average Bonchev–Trinajstić information content (AvgIpc) is 2.57. The smallest absolute Gasteiger partial charge is 0.279 e. The highest BCUT2D eigenvalue weighted by Crippen LogP contribution is 2.24. The summed E-state index contributed by atoms with van der Waals surface area (Å²) in [7, 11) is 1.78. The number of rotatable bonds is 7. The third-order valence-electron chi connectivity index (χ3n) is 3.34. The molecule has 8 heteroatoms. The molecule has 1 aromatic heterocycles. The van der Waals surface area contributed by atoms with Crippen LogP contribution in [0.4, 0.5) is 11.4 Å². The summed E-state index contributed by atoms with van der Waals surface area (Å²) in [5.41, 5.74) is 1.24. The lowest BCUT2D eigenvalue weighted by molar-refractivity contribution is -0.862. The molecule has 132 valence electrons. The summed E-state index contributed by atoms with van der Waals surface area (Å²) in [4.78, 5) is 29.9. The molecule has 0 aliphatic rings.